The van der Waals surface area contributed by atoms with Gasteiger partial charge in [0, 0.05) is 44.4 Å². The molecule has 3 aromatic heterocycles. The second-order valence-electron chi connectivity index (χ2n) is 11.8. The zero-order valence-corrected chi connectivity index (χ0v) is 25.2. The molecule has 2 aliphatic rings. The lowest BCUT2D eigenvalue weighted by Gasteiger charge is -2.39. The Kier molecular flexibility index (Phi) is 9.31. The number of hydrogen-bond acceptors (Lipinski definition) is 11. The van der Waals surface area contributed by atoms with E-state index in [1.54, 1.807) is 23.2 Å². The normalized spacial score (nSPS) is 16.6. The van der Waals surface area contributed by atoms with Gasteiger partial charge in [-0.25, -0.2) is 9.78 Å². The fourth-order valence-electron chi connectivity index (χ4n) is 5.35. The fourth-order valence-corrected chi connectivity index (χ4v) is 5.35. The van der Waals surface area contributed by atoms with Crippen molar-refractivity contribution in [3.63, 3.8) is 0 Å². The Morgan fingerprint density at radius 3 is 2.60 bits per heavy atom. The van der Waals surface area contributed by atoms with E-state index < -0.39 is 11.7 Å². The number of aliphatic hydroxyl groups excluding tert-OH is 1. The Morgan fingerprint density at radius 2 is 1.88 bits per heavy atom. The van der Waals surface area contributed by atoms with E-state index in [4.69, 9.17) is 18.9 Å². The van der Waals surface area contributed by atoms with Crippen LogP contribution in [0.2, 0.25) is 0 Å². The number of pyridine rings is 2. The number of amides is 1. The second kappa shape index (κ2) is 13.1. The molecule has 1 amide bonds. The van der Waals surface area contributed by atoms with Crippen molar-refractivity contribution >= 4 is 17.3 Å². The first-order valence-corrected chi connectivity index (χ1v) is 14.6. The molecule has 0 bridgehead atoms. The Morgan fingerprint density at radius 1 is 1.14 bits per heavy atom. The molecule has 43 heavy (non-hydrogen) atoms. The summed E-state index contributed by atoms with van der Waals surface area (Å²) in [5, 5.41) is 10.9. The van der Waals surface area contributed by atoms with Crippen molar-refractivity contribution < 1.29 is 28.8 Å². The summed E-state index contributed by atoms with van der Waals surface area (Å²) in [7, 11) is 1.52. The molecule has 1 N–H and O–H groups in total. The highest BCUT2D eigenvalue weighted by molar-refractivity contribution is 5.70. The molecule has 2 aliphatic heterocycles. The number of nitrogens with zero attached hydrogens (tertiary/aromatic N) is 6. The Hall–Kier alpha value is -3.97. The average Bonchev–Trinajstić information content (AvgIpc) is 2.98. The highest BCUT2D eigenvalue weighted by Gasteiger charge is 2.32. The van der Waals surface area contributed by atoms with Crippen molar-refractivity contribution in [2.75, 3.05) is 40.0 Å². The topological polar surface area (TPSA) is 141 Å². The van der Waals surface area contributed by atoms with Crippen LogP contribution in [-0.4, -0.2) is 98.2 Å². The number of carbonyl (C=O) groups is 1. The van der Waals surface area contributed by atoms with Gasteiger partial charge in [0.05, 0.1) is 37.8 Å². The number of aliphatic hydroxyl groups is 1. The fraction of sp³-hybridized carbons (Fsp3) is 0.567. The van der Waals surface area contributed by atoms with Gasteiger partial charge >= 0.3 is 6.09 Å². The van der Waals surface area contributed by atoms with Crippen molar-refractivity contribution in [2.24, 2.45) is 0 Å². The molecule has 1 saturated heterocycles. The highest BCUT2D eigenvalue weighted by atomic mass is 16.6. The maximum absolute atomic E-state index is 13.3. The van der Waals surface area contributed by atoms with E-state index in [0.29, 0.717) is 92.9 Å². The third-order valence-electron chi connectivity index (χ3n) is 7.47. The van der Waals surface area contributed by atoms with Gasteiger partial charge in [-0.15, -0.1) is 0 Å². The molecular formula is C30H40N6O7. The largest absolute Gasteiger partial charge is 0.486 e. The number of fused-ring (bicyclic) bond motifs is 2. The quantitative estimate of drug-likeness (QED) is 0.390. The van der Waals surface area contributed by atoms with Crippen LogP contribution in [0.3, 0.4) is 0 Å². The van der Waals surface area contributed by atoms with E-state index in [9.17, 15) is 14.7 Å². The molecular weight excluding hydrogens is 556 g/mol. The van der Waals surface area contributed by atoms with Gasteiger partial charge in [-0.1, -0.05) is 0 Å². The Bertz CT molecular complexity index is 1480. The van der Waals surface area contributed by atoms with Gasteiger partial charge in [0.15, 0.2) is 17.1 Å². The number of likely N-dealkylation sites (tertiary alicyclic amines) is 1. The lowest BCUT2D eigenvalue weighted by atomic mass is 10.0. The van der Waals surface area contributed by atoms with Crippen LogP contribution in [0, 0.1) is 0 Å². The van der Waals surface area contributed by atoms with E-state index in [1.165, 1.54) is 17.9 Å². The van der Waals surface area contributed by atoms with E-state index >= 15 is 0 Å². The minimum atomic E-state index is -0.652. The van der Waals surface area contributed by atoms with Crippen molar-refractivity contribution in [3.8, 4) is 17.4 Å². The van der Waals surface area contributed by atoms with Crippen molar-refractivity contribution in [3.05, 3.63) is 46.6 Å². The van der Waals surface area contributed by atoms with Crippen LogP contribution in [0.4, 0.5) is 4.79 Å². The first-order valence-electron chi connectivity index (χ1n) is 14.6. The van der Waals surface area contributed by atoms with E-state index in [2.05, 4.69) is 19.9 Å². The first-order chi connectivity index (χ1) is 20.6. The molecule has 0 radical (unpaired) electrons. The number of aryl methyl sites for hydroxylation is 1. The second-order valence-corrected chi connectivity index (χ2v) is 11.8. The molecule has 3 aromatic rings. The molecule has 0 aliphatic carbocycles. The maximum Gasteiger partial charge on any atom is 0.410 e. The van der Waals surface area contributed by atoms with Crippen LogP contribution in [0.15, 0.2) is 35.4 Å². The SMILES string of the molecule is COc1ccc2ncc(=O)n(CCC(O)CN3CCC(N(Cc4cc5c(cn4)OCCO5)C(=O)OC(C)(C)C)CC3)c2n1. The Balaban J connectivity index is 1.19. The number of carbonyl (C=O) groups excluding carboxylic acids is 1. The summed E-state index contributed by atoms with van der Waals surface area (Å²) in [5.74, 6) is 1.62. The van der Waals surface area contributed by atoms with Crippen LogP contribution in [0.25, 0.3) is 11.2 Å². The molecule has 1 fully saturated rings. The van der Waals surface area contributed by atoms with Gasteiger partial charge in [-0.2, -0.15) is 4.98 Å². The molecule has 0 aromatic carbocycles. The van der Waals surface area contributed by atoms with Crippen molar-refractivity contribution in [2.45, 2.75) is 70.9 Å². The predicted octanol–water partition coefficient (Wildman–Crippen LogP) is 2.62. The zero-order valence-electron chi connectivity index (χ0n) is 25.2. The van der Waals surface area contributed by atoms with Crippen LogP contribution in [-0.2, 0) is 17.8 Å². The third-order valence-corrected chi connectivity index (χ3v) is 7.47. The van der Waals surface area contributed by atoms with E-state index in [-0.39, 0.29) is 24.2 Å². The number of aromatic nitrogens is 4. The van der Waals surface area contributed by atoms with Crippen molar-refractivity contribution in [1.29, 1.82) is 0 Å². The lowest BCUT2D eigenvalue weighted by Crippen LogP contribution is -2.49. The minimum Gasteiger partial charge on any atom is -0.486 e. The average molecular weight is 597 g/mol. The van der Waals surface area contributed by atoms with Gasteiger partial charge in [-0.3, -0.25) is 19.2 Å². The predicted molar refractivity (Wildman–Crippen MR) is 157 cm³/mol. The first kappa shape index (κ1) is 30.5. The standard InChI is InChI=1S/C30H40N6O7/c1-30(2,3)43-29(39)36(18-20-15-24-25(16-31-20)42-14-13-41-24)21-7-10-34(11-8-21)19-22(37)9-12-35-27(38)17-32-23-5-6-26(40-4)33-28(23)35/h5-6,15-17,21-22,37H,7-14,18-19H2,1-4H3. The number of rotatable bonds is 9. The summed E-state index contributed by atoms with van der Waals surface area (Å²) in [4.78, 5) is 42.8. The van der Waals surface area contributed by atoms with Gasteiger partial charge in [0.25, 0.3) is 5.56 Å². The summed E-state index contributed by atoms with van der Waals surface area (Å²) >= 11 is 0. The smallest absolute Gasteiger partial charge is 0.410 e. The summed E-state index contributed by atoms with van der Waals surface area (Å²) in [6, 6.07) is 5.21. The van der Waals surface area contributed by atoms with Crippen LogP contribution in [0.1, 0.15) is 45.7 Å². The number of β-amino-alcohol motifs (C(OH)–C–C–N with tert-alkyl or cyclic N) is 1. The number of ether oxygens (including phenoxy) is 4. The minimum absolute atomic E-state index is 0.0546. The molecule has 1 atom stereocenters. The van der Waals surface area contributed by atoms with E-state index in [0.717, 1.165) is 0 Å². The number of methoxy groups -OCH3 is 1. The monoisotopic (exact) mass is 596 g/mol. The maximum atomic E-state index is 13.3. The van der Waals surface area contributed by atoms with Gasteiger partial charge in [-0.05, 0) is 46.1 Å². The van der Waals surface area contributed by atoms with Gasteiger partial charge < -0.3 is 29.0 Å². The summed E-state index contributed by atoms with van der Waals surface area (Å²) in [5.41, 5.74) is 0.783. The summed E-state index contributed by atoms with van der Waals surface area (Å²) in [6.45, 7) is 8.95. The van der Waals surface area contributed by atoms with Crippen LogP contribution >= 0.6 is 0 Å². The molecule has 0 saturated carbocycles. The zero-order chi connectivity index (χ0) is 30.6. The summed E-state index contributed by atoms with van der Waals surface area (Å²) < 4.78 is 23.8. The van der Waals surface area contributed by atoms with Gasteiger partial charge in [0.2, 0.25) is 5.88 Å². The number of piperidine rings is 1. The molecule has 0 spiro atoms. The third kappa shape index (κ3) is 7.71. The molecule has 13 nitrogen and oxygen atoms in total. The Labute approximate surface area is 250 Å². The number of hydrogen-bond donors (Lipinski definition) is 1. The van der Waals surface area contributed by atoms with Crippen LogP contribution in [0.5, 0.6) is 17.4 Å². The molecule has 5 rings (SSSR count). The van der Waals surface area contributed by atoms with Crippen LogP contribution < -0.4 is 19.8 Å². The van der Waals surface area contributed by atoms with Gasteiger partial charge in [0.1, 0.15) is 24.3 Å². The molecule has 5 heterocycles. The summed E-state index contributed by atoms with van der Waals surface area (Å²) in [6.07, 6.45) is 3.67. The molecule has 13 heteroatoms. The lowest BCUT2D eigenvalue weighted by molar-refractivity contribution is 0.00234. The van der Waals surface area contributed by atoms with Crippen molar-refractivity contribution in [1.82, 2.24) is 29.3 Å². The molecule has 1 unspecified atom stereocenters. The van der Waals surface area contributed by atoms with E-state index in [1.807, 2.05) is 26.8 Å². The molecule has 232 valence electrons. The highest BCUT2D eigenvalue weighted by Crippen LogP contribution is 2.30.